The largest absolute Gasteiger partial charge is 0.360 e. The number of amides is 1. The van der Waals surface area contributed by atoms with Crippen molar-refractivity contribution in [2.24, 2.45) is 0 Å². The molecule has 0 fully saturated rings. The van der Waals surface area contributed by atoms with E-state index in [4.69, 9.17) is 11.6 Å². The van der Waals surface area contributed by atoms with E-state index in [9.17, 15) is 9.59 Å². The van der Waals surface area contributed by atoms with Crippen molar-refractivity contribution in [2.45, 2.75) is 19.9 Å². The number of hydrogen-bond donors (Lipinski definition) is 2. The van der Waals surface area contributed by atoms with Crippen molar-refractivity contribution in [1.29, 1.82) is 0 Å². The topological polar surface area (TPSA) is 62.0 Å². The van der Waals surface area contributed by atoms with Gasteiger partial charge in [0.15, 0.2) is 0 Å². The van der Waals surface area contributed by atoms with Crippen LogP contribution in [0, 0.1) is 6.92 Å². The highest BCUT2D eigenvalue weighted by Gasteiger charge is 2.22. The van der Waals surface area contributed by atoms with Crippen LogP contribution in [-0.2, 0) is 4.79 Å². The van der Waals surface area contributed by atoms with Crippen molar-refractivity contribution in [1.82, 2.24) is 10.3 Å². The normalized spacial score (nSPS) is 12.1. The summed E-state index contributed by atoms with van der Waals surface area (Å²) >= 11 is 5.98. The maximum absolute atomic E-state index is 12.5. The minimum Gasteiger partial charge on any atom is -0.360 e. The van der Waals surface area contributed by atoms with Crippen LogP contribution in [0.25, 0.3) is 10.9 Å². The Hall–Kier alpha value is -2.59. The summed E-state index contributed by atoms with van der Waals surface area (Å²) in [4.78, 5) is 27.8. The molecule has 0 unspecified atom stereocenters. The molecular weight excluding hydrogens is 324 g/mol. The zero-order valence-electron chi connectivity index (χ0n) is 13.4. The first-order valence-electron chi connectivity index (χ1n) is 7.64. The second kappa shape index (κ2) is 6.49. The average molecular weight is 341 g/mol. The number of halogens is 1. The van der Waals surface area contributed by atoms with Gasteiger partial charge in [-0.25, -0.2) is 0 Å². The second-order valence-corrected chi connectivity index (χ2v) is 6.26. The van der Waals surface area contributed by atoms with Crippen LogP contribution in [0.1, 0.15) is 34.5 Å². The molecule has 0 spiro atoms. The van der Waals surface area contributed by atoms with Gasteiger partial charge >= 0.3 is 0 Å². The Morgan fingerprint density at radius 3 is 2.54 bits per heavy atom. The highest BCUT2D eigenvalue weighted by atomic mass is 35.5. The van der Waals surface area contributed by atoms with E-state index in [2.05, 4.69) is 10.3 Å². The van der Waals surface area contributed by atoms with Gasteiger partial charge in [-0.05, 0) is 37.6 Å². The third kappa shape index (κ3) is 3.19. The fourth-order valence-electron chi connectivity index (χ4n) is 2.60. The lowest BCUT2D eigenvalue weighted by atomic mass is 10.1. The van der Waals surface area contributed by atoms with Gasteiger partial charge < -0.3 is 10.3 Å². The number of aromatic nitrogens is 1. The number of nitrogens with one attached hydrogen (secondary N) is 2. The lowest BCUT2D eigenvalue weighted by Gasteiger charge is -2.14. The molecule has 0 saturated carbocycles. The molecule has 24 heavy (non-hydrogen) atoms. The predicted molar refractivity (Wildman–Crippen MR) is 95.4 cm³/mol. The number of hydrogen-bond acceptors (Lipinski definition) is 2. The summed E-state index contributed by atoms with van der Waals surface area (Å²) in [6, 6.07) is 12.8. The summed E-state index contributed by atoms with van der Waals surface area (Å²) < 4.78 is 0. The molecule has 0 bridgehead atoms. The zero-order valence-corrected chi connectivity index (χ0v) is 14.1. The van der Waals surface area contributed by atoms with Gasteiger partial charge in [-0.2, -0.15) is 0 Å². The fourth-order valence-corrected chi connectivity index (χ4v) is 2.78. The van der Waals surface area contributed by atoms with E-state index in [1.54, 1.807) is 24.4 Å². The minimum absolute atomic E-state index is 0.254. The van der Waals surface area contributed by atoms with Crippen molar-refractivity contribution < 1.29 is 9.59 Å². The number of aryl methyl sites for hydroxylation is 1. The Labute approximate surface area is 144 Å². The molecule has 1 atom stereocenters. The Balaban J connectivity index is 1.80. The molecule has 3 aromatic rings. The van der Waals surface area contributed by atoms with Crippen LogP contribution >= 0.6 is 11.6 Å². The first-order valence-corrected chi connectivity index (χ1v) is 8.02. The number of fused-ring (bicyclic) bond motifs is 1. The van der Waals surface area contributed by atoms with Crippen molar-refractivity contribution in [3.63, 3.8) is 0 Å². The van der Waals surface area contributed by atoms with Crippen molar-refractivity contribution in [2.75, 3.05) is 0 Å². The number of carbonyl (C=O) groups is 2. The number of benzene rings is 2. The first kappa shape index (κ1) is 16.3. The number of rotatable bonds is 4. The first-order chi connectivity index (χ1) is 11.5. The summed E-state index contributed by atoms with van der Waals surface area (Å²) in [7, 11) is 0. The zero-order chi connectivity index (χ0) is 17.3. The summed E-state index contributed by atoms with van der Waals surface area (Å²) in [5, 5.41) is 3.91. The number of H-pyrrole nitrogens is 1. The van der Waals surface area contributed by atoms with Crippen molar-refractivity contribution in [3.8, 4) is 0 Å². The Bertz CT molecular complexity index is 913. The molecule has 0 aliphatic carbocycles. The highest BCUT2D eigenvalue weighted by Crippen LogP contribution is 2.23. The van der Waals surface area contributed by atoms with Crippen LogP contribution in [0.15, 0.2) is 48.7 Å². The molecule has 0 aliphatic rings. The van der Waals surface area contributed by atoms with Gasteiger partial charge in [0.2, 0.25) is 0 Å². The van der Waals surface area contributed by atoms with E-state index in [1.807, 2.05) is 38.1 Å². The van der Waals surface area contributed by atoms with Crippen LogP contribution < -0.4 is 5.32 Å². The maximum atomic E-state index is 12.5. The van der Waals surface area contributed by atoms with Crippen LogP contribution in [0.2, 0.25) is 5.02 Å². The number of ketones is 1. The van der Waals surface area contributed by atoms with Crippen molar-refractivity contribution >= 4 is 34.2 Å². The molecular formula is C19H17ClN2O2. The molecule has 0 saturated heterocycles. The van der Waals surface area contributed by atoms with Gasteiger partial charge in [0.25, 0.3) is 11.7 Å². The number of carbonyl (C=O) groups excluding carboxylic acids is 2. The molecule has 1 heterocycles. The van der Waals surface area contributed by atoms with Crippen LogP contribution in [0.4, 0.5) is 0 Å². The van der Waals surface area contributed by atoms with Crippen molar-refractivity contribution in [3.05, 3.63) is 70.4 Å². The number of Topliss-reactive ketones (excluding diaryl/α,β-unsaturated/α-hetero) is 1. The highest BCUT2D eigenvalue weighted by molar-refractivity contribution is 6.45. The molecule has 122 valence electrons. The standard InChI is InChI=1S/C19H17ClN2O2/c1-11-3-5-13(6-4-11)12(2)22-19(24)18(23)16-10-21-17-8-7-14(20)9-15(16)17/h3-10,12,21H,1-2H3,(H,22,24)/t12-/m1/s1. The van der Waals surface area contributed by atoms with Gasteiger partial charge in [0.1, 0.15) is 0 Å². The van der Waals surface area contributed by atoms with Gasteiger partial charge in [0, 0.05) is 22.1 Å². The molecule has 3 rings (SSSR count). The van der Waals surface area contributed by atoms with Gasteiger partial charge in [0.05, 0.1) is 11.6 Å². The minimum atomic E-state index is -0.635. The SMILES string of the molecule is Cc1ccc([C@@H](C)NC(=O)C(=O)c2c[nH]c3ccc(Cl)cc23)cc1. The third-order valence-corrected chi connectivity index (χ3v) is 4.25. The molecule has 5 heteroatoms. The van der Waals surface area contributed by atoms with Gasteiger partial charge in [-0.3, -0.25) is 9.59 Å². The maximum Gasteiger partial charge on any atom is 0.292 e. The lowest BCUT2D eigenvalue weighted by molar-refractivity contribution is -0.117. The van der Waals surface area contributed by atoms with E-state index in [1.165, 1.54) is 0 Å². The van der Waals surface area contributed by atoms with Gasteiger partial charge in [-0.15, -0.1) is 0 Å². The molecule has 2 N–H and O–H groups in total. The van der Waals surface area contributed by atoms with E-state index in [-0.39, 0.29) is 6.04 Å². The van der Waals surface area contributed by atoms with Gasteiger partial charge in [-0.1, -0.05) is 41.4 Å². The Morgan fingerprint density at radius 2 is 1.83 bits per heavy atom. The van der Waals surface area contributed by atoms with Crippen LogP contribution in [0.3, 0.4) is 0 Å². The summed E-state index contributed by atoms with van der Waals surface area (Å²) in [6.07, 6.45) is 1.54. The molecule has 0 radical (unpaired) electrons. The fraction of sp³-hybridized carbons (Fsp3) is 0.158. The molecule has 1 amide bonds. The van der Waals surface area contributed by atoms with Crippen LogP contribution in [-0.4, -0.2) is 16.7 Å². The molecule has 4 nitrogen and oxygen atoms in total. The summed E-state index contributed by atoms with van der Waals surface area (Å²) in [5.74, 6) is -1.22. The lowest BCUT2D eigenvalue weighted by Crippen LogP contribution is -2.33. The monoisotopic (exact) mass is 340 g/mol. The van der Waals surface area contributed by atoms with E-state index < -0.39 is 11.7 Å². The predicted octanol–water partition coefficient (Wildman–Crippen LogP) is 4.19. The van der Waals surface area contributed by atoms with E-state index in [0.717, 1.165) is 16.6 Å². The third-order valence-electron chi connectivity index (χ3n) is 4.02. The molecule has 1 aromatic heterocycles. The quantitative estimate of drug-likeness (QED) is 0.552. The smallest absolute Gasteiger partial charge is 0.292 e. The van der Waals surface area contributed by atoms with E-state index >= 15 is 0 Å². The average Bonchev–Trinajstić information content (AvgIpc) is 2.97. The number of aromatic amines is 1. The molecule has 0 aliphatic heterocycles. The second-order valence-electron chi connectivity index (χ2n) is 5.83. The van der Waals surface area contributed by atoms with Crippen LogP contribution in [0.5, 0.6) is 0 Å². The Morgan fingerprint density at radius 1 is 1.12 bits per heavy atom. The summed E-state index contributed by atoms with van der Waals surface area (Å²) in [6.45, 7) is 3.85. The molecule has 2 aromatic carbocycles. The summed E-state index contributed by atoms with van der Waals surface area (Å²) in [5.41, 5.74) is 3.18. The van der Waals surface area contributed by atoms with E-state index in [0.29, 0.717) is 16.0 Å². The Kier molecular flexibility index (Phi) is 4.40.